The summed E-state index contributed by atoms with van der Waals surface area (Å²) in [6.45, 7) is 4.37. The molecule has 0 radical (unpaired) electrons. The van der Waals surface area contributed by atoms with Crippen molar-refractivity contribution in [1.82, 2.24) is 9.80 Å². The first-order valence-electron chi connectivity index (χ1n) is 10.5. The maximum atomic E-state index is 11.3. The summed E-state index contributed by atoms with van der Waals surface area (Å²) in [6.07, 6.45) is 7.35. The Kier molecular flexibility index (Phi) is 5.65. The molecule has 3 aliphatic rings. The Balaban J connectivity index is 1.37. The topological polar surface area (TPSA) is 46.9 Å². The molecule has 4 heteroatoms. The smallest absolute Gasteiger partial charge is 0.0774 e. The first-order valence-corrected chi connectivity index (χ1v) is 10.5. The first-order chi connectivity index (χ1) is 12.7. The van der Waals surface area contributed by atoms with Crippen LogP contribution in [0.5, 0.6) is 0 Å². The van der Waals surface area contributed by atoms with E-state index in [0.29, 0.717) is 18.0 Å². The second-order valence-electron chi connectivity index (χ2n) is 8.80. The number of piperazine rings is 1. The minimum Gasteiger partial charge on any atom is -0.396 e. The van der Waals surface area contributed by atoms with Gasteiger partial charge in [-0.05, 0) is 63.0 Å². The van der Waals surface area contributed by atoms with Gasteiger partial charge in [0.25, 0.3) is 0 Å². The molecule has 0 aromatic heterocycles. The number of hydrogen-bond acceptors (Lipinski definition) is 4. The molecule has 26 heavy (non-hydrogen) atoms. The molecule has 0 amide bonds. The van der Waals surface area contributed by atoms with Crippen LogP contribution in [0, 0.1) is 0 Å². The number of nitrogens with zero attached hydrogens (tertiary/aromatic N) is 2. The molecule has 1 saturated carbocycles. The molecule has 1 aromatic rings. The van der Waals surface area contributed by atoms with Gasteiger partial charge >= 0.3 is 0 Å². The molecule has 3 fully saturated rings. The third-order valence-electron chi connectivity index (χ3n) is 7.05. The second kappa shape index (κ2) is 7.97. The number of benzene rings is 1. The fourth-order valence-corrected chi connectivity index (χ4v) is 5.51. The Morgan fingerprint density at radius 3 is 2.54 bits per heavy atom. The minimum atomic E-state index is -0.556. The highest BCUT2D eigenvalue weighted by molar-refractivity contribution is 5.20. The Morgan fingerprint density at radius 1 is 1.04 bits per heavy atom. The SMILES string of the molecule is OCCC1CN2CCCC2CN1CC1(O)CCC(c2ccccc2)CC1. The zero-order valence-electron chi connectivity index (χ0n) is 15.9. The molecule has 1 aliphatic carbocycles. The Morgan fingerprint density at radius 2 is 1.81 bits per heavy atom. The van der Waals surface area contributed by atoms with Gasteiger partial charge in [-0.2, -0.15) is 0 Å². The van der Waals surface area contributed by atoms with Crippen molar-refractivity contribution < 1.29 is 10.2 Å². The number of β-amino-alcohol motifs (C(OH)–C–C–N with tert-alkyl or cyclic N) is 1. The summed E-state index contributed by atoms with van der Waals surface area (Å²) in [7, 11) is 0. The lowest BCUT2D eigenvalue weighted by Crippen LogP contribution is -2.60. The zero-order valence-corrected chi connectivity index (χ0v) is 15.9. The quantitative estimate of drug-likeness (QED) is 0.849. The van der Waals surface area contributed by atoms with Crippen LogP contribution in [0.3, 0.4) is 0 Å². The largest absolute Gasteiger partial charge is 0.396 e. The van der Waals surface area contributed by atoms with Gasteiger partial charge in [0.2, 0.25) is 0 Å². The van der Waals surface area contributed by atoms with Gasteiger partial charge in [0, 0.05) is 38.3 Å². The molecule has 2 N–H and O–H groups in total. The molecule has 2 aliphatic heterocycles. The summed E-state index contributed by atoms with van der Waals surface area (Å²) in [5.74, 6) is 0.594. The summed E-state index contributed by atoms with van der Waals surface area (Å²) >= 11 is 0. The van der Waals surface area contributed by atoms with Gasteiger partial charge in [-0.1, -0.05) is 30.3 Å². The third kappa shape index (κ3) is 3.99. The van der Waals surface area contributed by atoms with Crippen molar-refractivity contribution >= 4 is 0 Å². The van der Waals surface area contributed by atoms with Crippen molar-refractivity contribution in [3.05, 3.63) is 35.9 Å². The van der Waals surface area contributed by atoms with Crippen molar-refractivity contribution in [2.45, 2.75) is 68.5 Å². The molecule has 2 unspecified atom stereocenters. The fourth-order valence-electron chi connectivity index (χ4n) is 5.51. The lowest BCUT2D eigenvalue weighted by molar-refractivity contribution is -0.0625. The van der Waals surface area contributed by atoms with Gasteiger partial charge in [0.1, 0.15) is 0 Å². The monoisotopic (exact) mass is 358 g/mol. The highest BCUT2D eigenvalue weighted by Gasteiger charge is 2.41. The van der Waals surface area contributed by atoms with Gasteiger partial charge in [0.15, 0.2) is 0 Å². The zero-order chi connectivity index (χ0) is 18.0. The second-order valence-corrected chi connectivity index (χ2v) is 8.80. The van der Waals surface area contributed by atoms with Crippen LogP contribution in [0.1, 0.15) is 56.4 Å². The van der Waals surface area contributed by atoms with Crippen LogP contribution in [-0.2, 0) is 0 Å². The molecule has 2 saturated heterocycles. The molecule has 2 atom stereocenters. The van der Waals surface area contributed by atoms with E-state index in [1.54, 1.807) is 0 Å². The summed E-state index contributed by atoms with van der Waals surface area (Å²) in [6, 6.07) is 11.8. The Labute approximate surface area is 157 Å². The highest BCUT2D eigenvalue weighted by atomic mass is 16.3. The van der Waals surface area contributed by atoms with Gasteiger partial charge in [-0.3, -0.25) is 9.80 Å². The number of rotatable bonds is 5. The average molecular weight is 359 g/mol. The van der Waals surface area contributed by atoms with Crippen LogP contribution >= 0.6 is 0 Å². The van der Waals surface area contributed by atoms with Gasteiger partial charge in [-0.25, -0.2) is 0 Å². The van der Waals surface area contributed by atoms with Crippen molar-refractivity contribution in [3.8, 4) is 0 Å². The Hall–Kier alpha value is -0.940. The van der Waals surface area contributed by atoms with Crippen LogP contribution in [-0.4, -0.2) is 70.5 Å². The summed E-state index contributed by atoms with van der Waals surface area (Å²) < 4.78 is 0. The van der Waals surface area contributed by atoms with Crippen LogP contribution in [0.4, 0.5) is 0 Å². The van der Waals surface area contributed by atoms with Crippen LogP contribution in [0.2, 0.25) is 0 Å². The van der Waals surface area contributed by atoms with E-state index in [1.807, 2.05) is 0 Å². The van der Waals surface area contributed by atoms with E-state index in [-0.39, 0.29) is 6.61 Å². The van der Waals surface area contributed by atoms with E-state index in [2.05, 4.69) is 40.1 Å². The molecule has 4 rings (SSSR count). The standard InChI is InChI=1S/C22H34N2O2/c25-14-10-21-15-23-13-4-7-20(23)16-24(21)17-22(26)11-8-19(9-12-22)18-5-2-1-3-6-18/h1-3,5-6,19-21,25-26H,4,7-17H2. The van der Waals surface area contributed by atoms with Gasteiger partial charge < -0.3 is 10.2 Å². The van der Waals surface area contributed by atoms with E-state index < -0.39 is 5.60 Å². The molecular weight excluding hydrogens is 324 g/mol. The van der Waals surface area contributed by atoms with E-state index in [9.17, 15) is 10.2 Å². The maximum absolute atomic E-state index is 11.3. The fraction of sp³-hybridized carbons (Fsp3) is 0.727. The van der Waals surface area contributed by atoms with Crippen molar-refractivity contribution in [3.63, 3.8) is 0 Å². The van der Waals surface area contributed by atoms with E-state index in [0.717, 1.165) is 51.7 Å². The van der Waals surface area contributed by atoms with Crippen molar-refractivity contribution in [2.24, 2.45) is 0 Å². The van der Waals surface area contributed by atoms with Crippen LogP contribution in [0.25, 0.3) is 0 Å². The van der Waals surface area contributed by atoms with Crippen LogP contribution in [0.15, 0.2) is 30.3 Å². The van der Waals surface area contributed by atoms with E-state index in [4.69, 9.17) is 0 Å². The predicted molar refractivity (Wildman–Crippen MR) is 104 cm³/mol. The van der Waals surface area contributed by atoms with Gasteiger partial charge in [0.05, 0.1) is 5.60 Å². The summed E-state index contributed by atoms with van der Waals surface area (Å²) in [5, 5.41) is 20.8. The summed E-state index contributed by atoms with van der Waals surface area (Å²) in [5.41, 5.74) is 0.868. The summed E-state index contributed by atoms with van der Waals surface area (Å²) in [4.78, 5) is 5.11. The lowest BCUT2D eigenvalue weighted by atomic mass is 9.75. The molecule has 4 nitrogen and oxygen atoms in total. The van der Waals surface area contributed by atoms with Gasteiger partial charge in [-0.15, -0.1) is 0 Å². The van der Waals surface area contributed by atoms with Crippen molar-refractivity contribution in [1.29, 1.82) is 0 Å². The van der Waals surface area contributed by atoms with Crippen LogP contribution < -0.4 is 0 Å². The first kappa shape index (κ1) is 18.4. The third-order valence-corrected chi connectivity index (χ3v) is 7.05. The molecular formula is C22H34N2O2. The molecule has 0 spiro atoms. The molecule has 0 bridgehead atoms. The number of aliphatic hydroxyl groups is 2. The average Bonchev–Trinajstić information content (AvgIpc) is 3.10. The molecule has 2 heterocycles. The number of fused-ring (bicyclic) bond motifs is 1. The van der Waals surface area contributed by atoms with Crippen molar-refractivity contribution in [2.75, 3.05) is 32.8 Å². The molecule has 1 aromatic carbocycles. The normalized spacial score (nSPS) is 36.2. The maximum Gasteiger partial charge on any atom is 0.0774 e. The van der Waals surface area contributed by atoms with E-state index >= 15 is 0 Å². The number of aliphatic hydroxyl groups excluding tert-OH is 1. The Bertz CT molecular complexity index is 571. The molecule has 144 valence electrons. The highest BCUT2D eigenvalue weighted by Crippen LogP contribution is 2.39. The lowest BCUT2D eigenvalue weighted by Gasteiger charge is -2.48. The number of hydrogen-bond donors (Lipinski definition) is 2. The minimum absolute atomic E-state index is 0.244. The predicted octanol–water partition coefficient (Wildman–Crippen LogP) is 2.61. The van der Waals surface area contributed by atoms with E-state index in [1.165, 1.54) is 24.9 Å².